The van der Waals surface area contributed by atoms with Gasteiger partial charge in [-0.05, 0) is 75.0 Å². The van der Waals surface area contributed by atoms with Gasteiger partial charge in [0.15, 0.2) is 0 Å². The molecule has 51 heavy (non-hydrogen) atoms. The minimum absolute atomic E-state index is 0.0593. The summed E-state index contributed by atoms with van der Waals surface area (Å²) in [7, 11) is -3.90. The van der Waals surface area contributed by atoms with Crippen LogP contribution < -0.4 is 20.7 Å². The molecule has 2 saturated carbocycles. The number of urea groups is 1. The van der Waals surface area contributed by atoms with Gasteiger partial charge in [-0.2, -0.15) is 0 Å². The van der Waals surface area contributed by atoms with E-state index in [9.17, 15) is 32.4 Å². The van der Waals surface area contributed by atoms with Crippen molar-refractivity contribution >= 4 is 39.9 Å². The summed E-state index contributed by atoms with van der Waals surface area (Å²) in [6.07, 6.45) is 4.32. The Kier molecular flexibility index (Phi) is 9.90. The monoisotopic (exact) mass is 726 g/mol. The predicted octanol–water partition coefficient (Wildman–Crippen LogP) is 2.61. The second kappa shape index (κ2) is 13.8. The van der Waals surface area contributed by atoms with Crippen molar-refractivity contribution in [3.63, 3.8) is 0 Å². The molecule has 15 heteroatoms. The van der Waals surface area contributed by atoms with Gasteiger partial charge in [-0.3, -0.25) is 24.0 Å². The van der Waals surface area contributed by atoms with Crippen LogP contribution in [-0.2, 0) is 48.7 Å². The van der Waals surface area contributed by atoms with Crippen LogP contribution in [0.15, 0.2) is 30.9 Å². The number of aryl methyl sites for hydroxylation is 1. The molecule has 278 valence electrons. The van der Waals surface area contributed by atoms with E-state index in [0.29, 0.717) is 32.4 Å². The Morgan fingerprint density at radius 1 is 1.10 bits per heavy atom. The van der Waals surface area contributed by atoms with Crippen LogP contribution in [0.5, 0.6) is 0 Å². The Morgan fingerprint density at radius 3 is 2.49 bits per heavy atom. The highest BCUT2D eigenvalue weighted by molar-refractivity contribution is 7.91. The number of rotatable bonds is 7. The number of sulfonamides is 1. The van der Waals surface area contributed by atoms with Gasteiger partial charge < -0.3 is 25.6 Å². The Bertz CT molecular complexity index is 1730. The van der Waals surface area contributed by atoms with E-state index in [0.717, 1.165) is 30.4 Å². The van der Waals surface area contributed by atoms with Gasteiger partial charge >= 0.3 is 12.1 Å². The number of nitrogens with one attached hydrogen (secondary N) is 4. The lowest BCUT2D eigenvalue weighted by Gasteiger charge is -2.32. The molecule has 4 bridgehead atoms. The summed E-state index contributed by atoms with van der Waals surface area (Å²) in [4.78, 5) is 71.7. The first-order valence-electron chi connectivity index (χ1n) is 18.0. The summed E-state index contributed by atoms with van der Waals surface area (Å²) in [5.74, 6) is -2.99. The zero-order valence-corrected chi connectivity index (χ0v) is 30.6. The fourth-order valence-electron chi connectivity index (χ4n) is 7.59. The molecular formula is C36H50N6O8S. The standard InChI is InChI=1S/C36H50N6O8S/c1-6-24-17-36(24,32(45)40-51(48,49)26-13-14-26)38-30(43)28-16-25-19-42(28)31(44)29(21(2)3)37-33(46)39-35(4,5)15-8-7-10-22-11-9-12-23-18-41(20-27(22)23)34(47)50-25/h6,9,11-12,21,24-26,28-29H,1,7-8,10,13-20H2,2-5H3,(H,38,43)(H,40,45)(H2,37,39,46)/t24-,25+,28-,29-,36+/m0/s1. The molecule has 0 spiro atoms. The molecule has 1 aromatic rings. The van der Waals surface area contributed by atoms with Crippen LogP contribution in [-0.4, -0.2) is 89.1 Å². The number of amides is 6. The van der Waals surface area contributed by atoms with Crippen molar-refractivity contribution in [2.45, 2.75) is 127 Å². The fraction of sp³-hybridized carbons (Fsp3) is 0.639. The third-order valence-electron chi connectivity index (χ3n) is 10.9. The van der Waals surface area contributed by atoms with Crippen molar-refractivity contribution in [3.8, 4) is 0 Å². The number of benzene rings is 1. The largest absolute Gasteiger partial charge is 0.444 e. The lowest BCUT2D eigenvalue weighted by Crippen LogP contribution is -2.60. The van der Waals surface area contributed by atoms with Crippen molar-refractivity contribution < 1.29 is 37.1 Å². The van der Waals surface area contributed by atoms with E-state index in [2.05, 4.69) is 33.3 Å². The normalized spacial score (nSPS) is 29.5. The second-order valence-corrected chi connectivity index (χ2v) is 17.7. The maximum absolute atomic E-state index is 14.3. The summed E-state index contributed by atoms with van der Waals surface area (Å²) in [5, 5.41) is 7.94. The summed E-state index contributed by atoms with van der Waals surface area (Å²) < 4.78 is 33.4. The van der Waals surface area contributed by atoms with E-state index in [1.807, 2.05) is 26.0 Å². The third kappa shape index (κ3) is 7.73. The maximum Gasteiger partial charge on any atom is 0.410 e. The van der Waals surface area contributed by atoms with Crippen molar-refractivity contribution in [1.82, 2.24) is 30.5 Å². The van der Waals surface area contributed by atoms with Crippen LogP contribution in [0.25, 0.3) is 0 Å². The highest BCUT2D eigenvalue weighted by Crippen LogP contribution is 2.45. The van der Waals surface area contributed by atoms with Crippen molar-refractivity contribution in [2.75, 3.05) is 6.54 Å². The molecule has 6 rings (SSSR count). The van der Waals surface area contributed by atoms with E-state index in [1.165, 1.54) is 16.5 Å². The number of fused-ring (bicyclic) bond motifs is 3. The van der Waals surface area contributed by atoms with Crippen LogP contribution in [0, 0.1) is 11.8 Å². The molecule has 14 nitrogen and oxygen atoms in total. The first kappa shape index (κ1) is 36.6. The molecule has 1 saturated heterocycles. The van der Waals surface area contributed by atoms with Crippen molar-refractivity contribution in [3.05, 3.63) is 47.5 Å². The molecule has 1 aromatic carbocycles. The molecule has 5 atom stereocenters. The van der Waals surface area contributed by atoms with E-state index >= 15 is 0 Å². The Morgan fingerprint density at radius 2 is 1.82 bits per heavy atom. The molecule has 3 aliphatic heterocycles. The zero-order valence-electron chi connectivity index (χ0n) is 29.8. The quantitative estimate of drug-likeness (QED) is 0.309. The van der Waals surface area contributed by atoms with Gasteiger partial charge in [0.25, 0.3) is 5.91 Å². The van der Waals surface area contributed by atoms with Crippen molar-refractivity contribution in [2.24, 2.45) is 11.8 Å². The number of carbonyl (C=O) groups is 5. The molecule has 0 aromatic heterocycles. The van der Waals surface area contributed by atoms with Crippen LogP contribution >= 0.6 is 0 Å². The Labute approximate surface area is 299 Å². The van der Waals surface area contributed by atoms with Gasteiger partial charge in [-0.1, -0.05) is 44.5 Å². The smallest absolute Gasteiger partial charge is 0.410 e. The number of ether oxygens (including phenoxy) is 1. The van der Waals surface area contributed by atoms with Gasteiger partial charge in [0.2, 0.25) is 21.8 Å². The van der Waals surface area contributed by atoms with Crippen molar-refractivity contribution in [1.29, 1.82) is 0 Å². The molecule has 0 unspecified atom stereocenters. The van der Waals surface area contributed by atoms with Gasteiger partial charge in [-0.25, -0.2) is 18.0 Å². The fourth-order valence-corrected chi connectivity index (χ4v) is 8.95. The lowest BCUT2D eigenvalue weighted by molar-refractivity contribution is -0.141. The van der Waals surface area contributed by atoms with Crippen LogP contribution in [0.1, 0.15) is 89.3 Å². The number of carbonyl (C=O) groups excluding carboxylic acids is 5. The highest BCUT2D eigenvalue weighted by atomic mass is 32.2. The topological polar surface area (TPSA) is 183 Å². The minimum Gasteiger partial charge on any atom is -0.444 e. The predicted molar refractivity (Wildman–Crippen MR) is 187 cm³/mol. The maximum atomic E-state index is 14.3. The molecule has 2 aliphatic carbocycles. The second-order valence-electron chi connectivity index (χ2n) is 15.8. The molecule has 4 N–H and O–H groups in total. The molecule has 3 heterocycles. The Hall–Kier alpha value is -4.14. The van der Waals surface area contributed by atoms with Gasteiger partial charge in [0.05, 0.1) is 11.8 Å². The third-order valence-corrected chi connectivity index (χ3v) is 12.7. The molecule has 3 fully saturated rings. The SMILES string of the molecule is C=C[C@H]1C[C@]1(NC(=O)[C@@H]1C[C@@H]2CN1C(=O)[C@H](C(C)C)NC(=O)NC(C)(C)CCCCc1cccc3c1CN(C3)C(=O)O2)C(=O)NS(=O)(=O)C1CC1. The summed E-state index contributed by atoms with van der Waals surface area (Å²) >= 11 is 0. The zero-order chi connectivity index (χ0) is 36.9. The molecular weight excluding hydrogens is 676 g/mol. The average Bonchev–Trinajstić information content (AvgIpc) is 3.95. The van der Waals surface area contributed by atoms with Gasteiger partial charge in [-0.15, -0.1) is 6.58 Å². The summed E-state index contributed by atoms with van der Waals surface area (Å²) in [6, 6.07) is 3.34. The lowest BCUT2D eigenvalue weighted by atomic mass is 9.94. The first-order chi connectivity index (χ1) is 24.0. The molecule has 0 radical (unpaired) electrons. The molecule has 5 aliphatic rings. The number of nitrogens with zero attached hydrogens (tertiary/aromatic N) is 2. The molecule has 6 amide bonds. The van der Waals surface area contributed by atoms with Crippen LogP contribution in [0.3, 0.4) is 0 Å². The number of hydrogen-bond acceptors (Lipinski definition) is 8. The Balaban J connectivity index is 1.27. The van der Waals surface area contributed by atoms with E-state index < -0.39 is 80.3 Å². The van der Waals surface area contributed by atoms with E-state index in [-0.39, 0.29) is 25.3 Å². The van der Waals surface area contributed by atoms with Crippen LogP contribution in [0.4, 0.5) is 9.59 Å². The highest BCUT2D eigenvalue weighted by Gasteiger charge is 2.62. The van der Waals surface area contributed by atoms with Gasteiger partial charge in [0.1, 0.15) is 23.7 Å². The summed E-state index contributed by atoms with van der Waals surface area (Å²) in [5.41, 5.74) is 1.18. The first-order valence-corrected chi connectivity index (χ1v) is 19.5. The average molecular weight is 727 g/mol. The number of hydrogen-bond donors (Lipinski definition) is 4. The van der Waals surface area contributed by atoms with E-state index in [1.54, 1.807) is 18.7 Å². The minimum atomic E-state index is -3.90. The van der Waals surface area contributed by atoms with Gasteiger partial charge in [0, 0.05) is 31.0 Å². The van der Waals surface area contributed by atoms with E-state index in [4.69, 9.17) is 4.74 Å². The van der Waals surface area contributed by atoms with Crippen LogP contribution in [0.2, 0.25) is 0 Å². The summed E-state index contributed by atoms with van der Waals surface area (Å²) in [6.45, 7) is 11.8.